The van der Waals surface area contributed by atoms with Crippen molar-refractivity contribution in [3.63, 3.8) is 0 Å². The maximum atomic E-state index is 13.1. The number of hydrogen-bond acceptors (Lipinski definition) is 3. The minimum Gasteiger partial charge on any atom is -0.455 e. The van der Waals surface area contributed by atoms with Crippen LogP contribution >= 0.6 is 0 Å². The first-order valence-corrected chi connectivity index (χ1v) is 6.23. The van der Waals surface area contributed by atoms with Gasteiger partial charge in [-0.1, -0.05) is 18.2 Å². The van der Waals surface area contributed by atoms with E-state index in [0.717, 1.165) is 29.8 Å². The van der Waals surface area contributed by atoms with Gasteiger partial charge in [-0.05, 0) is 38.6 Å². The predicted octanol–water partition coefficient (Wildman–Crippen LogP) is 2.95. The van der Waals surface area contributed by atoms with Crippen LogP contribution in [0.5, 0.6) is 11.5 Å². The van der Waals surface area contributed by atoms with E-state index in [1.54, 1.807) is 0 Å². The van der Waals surface area contributed by atoms with E-state index in [0.29, 0.717) is 5.75 Å². The highest BCUT2D eigenvalue weighted by Gasteiger charge is 2.15. The second-order valence-corrected chi connectivity index (χ2v) is 4.31. The highest BCUT2D eigenvalue weighted by Crippen LogP contribution is 2.32. The molecule has 1 aliphatic rings. The van der Waals surface area contributed by atoms with Gasteiger partial charge in [0, 0.05) is 6.07 Å². The van der Waals surface area contributed by atoms with Crippen LogP contribution in [-0.4, -0.2) is 19.1 Å². The third kappa shape index (κ3) is 3.29. The van der Waals surface area contributed by atoms with Crippen molar-refractivity contribution in [2.75, 3.05) is 14.1 Å². The molecule has 0 atom stereocenters. The smallest absolute Gasteiger partial charge is 0.151 e. The van der Waals surface area contributed by atoms with Gasteiger partial charge in [0.1, 0.15) is 11.6 Å². The number of fused-ring (bicyclic) bond motifs is 2. The van der Waals surface area contributed by atoms with Crippen LogP contribution in [0, 0.1) is 5.82 Å². The van der Waals surface area contributed by atoms with Crippen molar-refractivity contribution in [2.45, 2.75) is 12.8 Å². The number of hydrogen-bond donors (Lipinski definition) is 1. The summed E-state index contributed by atoms with van der Waals surface area (Å²) in [7, 11) is 3.75. The predicted molar refractivity (Wildman–Crippen MR) is 73.1 cm³/mol. The Morgan fingerprint density at radius 1 is 1.16 bits per heavy atom. The lowest BCUT2D eigenvalue weighted by atomic mass is 10.1. The molecule has 3 nitrogen and oxygen atoms in total. The van der Waals surface area contributed by atoms with E-state index in [1.807, 2.05) is 38.4 Å². The number of aromatic nitrogens is 1. The molecule has 1 aliphatic heterocycles. The number of nitrogens with one attached hydrogen (secondary N) is 1. The quantitative estimate of drug-likeness (QED) is 0.790. The molecule has 0 radical (unpaired) electrons. The third-order valence-electron chi connectivity index (χ3n) is 2.72. The molecule has 0 aliphatic carbocycles. The number of ether oxygens (including phenoxy) is 1. The molecule has 1 N–H and O–H groups in total. The third-order valence-corrected chi connectivity index (χ3v) is 2.72. The molecule has 4 heteroatoms. The summed E-state index contributed by atoms with van der Waals surface area (Å²) in [6.45, 7) is 0. The normalized spacial score (nSPS) is 12.2. The van der Waals surface area contributed by atoms with Gasteiger partial charge in [-0.25, -0.2) is 4.39 Å². The van der Waals surface area contributed by atoms with Gasteiger partial charge in [0.25, 0.3) is 0 Å². The number of nitrogens with zero attached hydrogens (tertiary/aromatic N) is 1. The van der Waals surface area contributed by atoms with Gasteiger partial charge in [-0.2, -0.15) is 0 Å². The van der Waals surface area contributed by atoms with Crippen molar-refractivity contribution in [2.24, 2.45) is 0 Å². The molecule has 0 saturated carbocycles. The maximum absolute atomic E-state index is 13.1. The average molecular weight is 260 g/mol. The van der Waals surface area contributed by atoms with Gasteiger partial charge < -0.3 is 10.1 Å². The summed E-state index contributed by atoms with van der Waals surface area (Å²) in [5.41, 5.74) is 1.96. The van der Waals surface area contributed by atoms with Gasteiger partial charge in [0.05, 0.1) is 11.9 Å². The Hall–Kier alpha value is -1.94. The topological polar surface area (TPSA) is 34.2 Å². The van der Waals surface area contributed by atoms with Crippen LogP contribution in [0.1, 0.15) is 11.3 Å². The SMILES string of the molecule is CNC.Fc1cnc2c(c1)Oc1ccccc1CC2. The van der Waals surface area contributed by atoms with Gasteiger partial charge in [-0.15, -0.1) is 0 Å². The Morgan fingerprint density at radius 3 is 2.68 bits per heavy atom. The standard InChI is InChI=1S/C13H10FNO.C2H7N/c14-10-7-13-11(15-8-10)6-5-9-3-1-2-4-12(9)16-13;1-3-2/h1-4,7-8H,5-6H2;3H,1-2H3. The molecule has 19 heavy (non-hydrogen) atoms. The maximum Gasteiger partial charge on any atom is 0.151 e. The fourth-order valence-corrected chi connectivity index (χ4v) is 1.91. The molecule has 0 unspecified atom stereocenters. The number of rotatable bonds is 0. The lowest BCUT2D eigenvalue weighted by Gasteiger charge is -2.07. The minimum absolute atomic E-state index is 0.363. The molecular weight excluding hydrogens is 243 g/mol. The van der Waals surface area contributed by atoms with Crippen LogP contribution in [0.25, 0.3) is 0 Å². The number of halogens is 1. The van der Waals surface area contributed by atoms with Gasteiger partial charge >= 0.3 is 0 Å². The molecule has 0 bridgehead atoms. The average Bonchev–Trinajstić information content (AvgIpc) is 2.58. The number of pyridine rings is 1. The first-order chi connectivity index (χ1) is 9.24. The van der Waals surface area contributed by atoms with E-state index in [2.05, 4.69) is 10.3 Å². The summed E-state index contributed by atoms with van der Waals surface area (Å²) in [5.74, 6) is 0.969. The molecule has 3 rings (SSSR count). The molecule has 0 amide bonds. The molecule has 0 spiro atoms. The fourth-order valence-electron chi connectivity index (χ4n) is 1.91. The van der Waals surface area contributed by atoms with Crippen LogP contribution in [0.2, 0.25) is 0 Å². The Bertz CT molecular complexity index is 558. The molecule has 0 fully saturated rings. The van der Waals surface area contributed by atoms with Crippen LogP contribution < -0.4 is 10.1 Å². The molecular formula is C15H17FN2O. The molecule has 2 aromatic rings. The van der Waals surface area contributed by atoms with E-state index < -0.39 is 0 Å². The summed E-state index contributed by atoms with van der Waals surface area (Å²) in [5, 5.41) is 2.75. The molecule has 100 valence electrons. The zero-order chi connectivity index (χ0) is 13.7. The highest BCUT2D eigenvalue weighted by atomic mass is 19.1. The fraction of sp³-hybridized carbons (Fsp3) is 0.267. The Kier molecular flexibility index (Phi) is 4.47. The first-order valence-electron chi connectivity index (χ1n) is 6.23. The van der Waals surface area contributed by atoms with Gasteiger partial charge in [-0.3, -0.25) is 4.98 Å². The Morgan fingerprint density at radius 2 is 1.89 bits per heavy atom. The van der Waals surface area contributed by atoms with E-state index in [9.17, 15) is 4.39 Å². The lowest BCUT2D eigenvalue weighted by molar-refractivity contribution is 0.469. The zero-order valence-electron chi connectivity index (χ0n) is 11.1. The zero-order valence-corrected chi connectivity index (χ0v) is 11.1. The van der Waals surface area contributed by atoms with Gasteiger partial charge in [0.15, 0.2) is 5.75 Å². The summed E-state index contributed by atoms with van der Waals surface area (Å²) in [4.78, 5) is 4.06. The van der Waals surface area contributed by atoms with Crippen molar-refractivity contribution in [1.82, 2.24) is 10.3 Å². The second kappa shape index (κ2) is 6.29. The lowest BCUT2D eigenvalue weighted by Crippen LogP contribution is -1.93. The van der Waals surface area contributed by atoms with Crippen LogP contribution in [0.3, 0.4) is 0 Å². The van der Waals surface area contributed by atoms with Crippen LogP contribution in [0.15, 0.2) is 36.5 Å². The Labute approximate surface area is 112 Å². The van der Waals surface area contributed by atoms with Crippen molar-refractivity contribution >= 4 is 0 Å². The number of para-hydroxylation sites is 1. The minimum atomic E-state index is -0.363. The highest BCUT2D eigenvalue weighted by molar-refractivity contribution is 5.42. The van der Waals surface area contributed by atoms with E-state index in [-0.39, 0.29) is 5.82 Å². The molecule has 0 saturated heterocycles. The molecule has 1 aromatic heterocycles. The number of aryl methyl sites for hydroxylation is 2. The summed E-state index contributed by atoms with van der Waals surface area (Å²) in [6.07, 6.45) is 2.90. The first kappa shape index (κ1) is 13.5. The van der Waals surface area contributed by atoms with Crippen LogP contribution in [0.4, 0.5) is 4.39 Å². The van der Waals surface area contributed by atoms with Crippen molar-refractivity contribution in [1.29, 1.82) is 0 Å². The van der Waals surface area contributed by atoms with E-state index in [1.165, 1.54) is 12.3 Å². The van der Waals surface area contributed by atoms with Crippen molar-refractivity contribution in [3.8, 4) is 11.5 Å². The van der Waals surface area contributed by atoms with E-state index >= 15 is 0 Å². The van der Waals surface area contributed by atoms with Gasteiger partial charge in [0.2, 0.25) is 0 Å². The second-order valence-electron chi connectivity index (χ2n) is 4.31. The van der Waals surface area contributed by atoms with Crippen LogP contribution in [-0.2, 0) is 12.8 Å². The summed E-state index contributed by atoms with van der Waals surface area (Å²) >= 11 is 0. The largest absolute Gasteiger partial charge is 0.455 e. The molecule has 1 aromatic carbocycles. The Balaban J connectivity index is 0.000000408. The summed E-state index contributed by atoms with van der Waals surface area (Å²) < 4.78 is 18.7. The van der Waals surface area contributed by atoms with E-state index in [4.69, 9.17) is 4.74 Å². The van der Waals surface area contributed by atoms with Crippen molar-refractivity contribution in [3.05, 3.63) is 53.6 Å². The summed E-state index contributed by atoms with van der Waals surface area (Å²) in [6, 6.07) is 9.21. The monoisotopic (exact) mass is 260 g/mol. The number of benzene rings is 1. The van der Waals surface area contributed by atoms with Crippen molar-refractivity contribution < 1.29 is 9.13 Å². The molecule has 2 heterocycles.